The highest BCUT2D eigenvalue weighted by molar-refractivity contribution is 5.97. The van der Waals surface area contributed by atoms with Crippen LogP contribution in [-0.4, -0.2) is 16.4 Å². The first-order valence-electron chi connectivity index (χ1n) is 5.56. The Morgan fingerprint density at radius 2 is 2.00 bits per heavy atom. The smallest absolute Gasteiger partial charge is 0.243 e. The number of carbonyl (C=O) groups is 1. The van der Waals surface area contributed by atoms with Crippen molar-refractivity contribution in [2.24, 2.45) is 5.73 Å². The molecule has 3 N–H and O–H groups in total. The van der Waals surface area contributed by atoms with E-state index in [4.69, 9.17) is 10.2 Å². The number of hydrogen-bond donors (Lipinski definition) is 2. The molecule has 0 aliphatic heterocycles. The van der Waals surface area contributed by atoms with Crippen LogP contribution < -0.4 is 11.1 Å². The van der Waals surface area contributed by atoms with E-state index in [1.54, 1.807) is 32.2 Å². The van der Waals surface area contributed by atoms with Crippen molar-refractivity contribution < 1.29 is 9.21 Å². The van der Waals surface area contributed by atoms with Gasteiger partial charge in [-0.05, 0) is 38.1 Å². The molecule has 5 heteroatoms. The second kappa shape index (κ2) is 4.62. The van der Waals surface area contributed by atoms with Crippen molar-refractivity contribution in [2.75, 3.05) is 5.32 Å². The van der Waals surface area contributed by atoms with Gasteiger partial charge in [-0.2, -0.15) is 0 Å². The minimum atomic E-state index is -0.899. The van der Waals surface area contributed by atoms with Gasteiger partial charge in [0, 0.05) is 11.3 Å². The summed E-state index contributed by atoms with van der Waals surface area (Å²) >= 11 is 0. The van der Waals surface area contributed by atoms with E-state index in [1.165, 1.54) is 6.39 Å². The Morgan fingerprint density at radius 3 is 2.50 bits per heavy atom. The summed E-state index contributed by atoms with van der Waals surface area (Å²) in [5.74, 6) is 0.460. The average molecular weight is 245 g/mol. The Hall–Kier alpha value is -2.14. The van der Waals surface area contributed by atoms with Crippen LogP contribution in [0.2, 0.25) is 0 Å². The number of nitrogens with zero attached hydrogens (tertiary/aromatic N) is 1. The fourth-order valence-electron chi connectivity index (χ4n) is 1.37. The van der Waals surface area contributed by atoms with Gasteiger partial charge in [0.2, 0.25) is 5.91 Å². The zero-order chi connectivity index (χ0) is 13.2. The maximum atomic E-state index is 11.7. The second-order valence-corrected chi connectivity index (χ2v) is 4.62. The van der Waals surface area contributed by atoms with Crippen molar-refractivity contribution in [2.45, 2.75) is 19.4 Å². The van der Waals surface area contributed by atoms with E-state index >= 15 is 0 Å². The standard InChI is InChI=1S/C13H15N3O2/c1-13(2,14)12(17)16-10-5-3-9(4-6-10)11-7-15-8-18-11/h3-8H,14H2,1-2H3,(H,16,17). The van der Waals surface area contributed by atoms with Crippen molar-refractivity contribution in [1.82, 2.24) is 4.98 Å². The first-order valence-corrected chi connectivity index (χ1v) is 5.56. The number of amides is 1. The highest BCUT2D eigenvalue weighted by Gasteiger charge is 2.21. The molecule has 0 fully saturated rings. The molecule has 0 spiro atoms. The predicted molar refractivity (Wildman–Crippen MR) is 68.8 cm³/mol. The minimum Gasteiger partial charge on any atom is -0.444 e. The van der Waals surface area contributed by atoms with E-state index in [-0.39, 0.29) is 5.91 Å². The van der Waals surface area contributed by atoms with Gasteiger partial charge in [0.1, 0.15) is 0 Å². The average Bonchev–Trinajstić information content (AvgIpc) is 2.82. The third kappa shape index (κ3) is 2.75. The molecule has 0 saturated heterocycles. The van der Waals surface area contributed by atoms with Crippen molar-refractivity contribution in [3.05, 3.63) is 36.9 Å². The number of aromatic nitrogens is 1. The van der Waals surface area contributed by atoms with E-state index in [0.717, 1.165) is 5.56 Å². The first-order chi connectivity index (χ1) is 8.47. The Labute approximate surface area is 105 Å². The Kier molecular flexibility index (Phi) is 3.16. The van der Waals surface area contributed by atoms with Crippen LogP contribution in [0.25, 0.3) is 11.3 Å². The fourth-order valence-corrected chi connectivity index (χ4v) is 1.37. The van der Waals surface area contributed by atoms with Gasteiger partial charge in [-0.25, -0.2) is 4.98 Å². The molecule has 0 atom stereocenters. The van der Waals surface area contributed by atoms with E-state index in [1.807, 2.05) is 12.1 Å². The van der Waals surface area contributed by atoms with Gasteiger partial charge in [0.25, 0.3) is 0 Å². The summed E-state index contributed by atoms with van der Waals surface area (Å²) in [5.41, 5.74) is 6.40. The van der Waals surface area contributed by atoms with Gasteiger partial charge in [-0.1, -0.05) is 0 Å². The van der Waals surface area contributed by atoms with Gasteiger partial charge in [0.05, 0.1) is 11.7 Å². The van der Waals surface area contributed by atoms with Crippen molar-refractivity contribution in [1.29, 1.82) is 0 Å². The van der Waals surface area contributed by atoms with Crippen LogP contribution in [0, 0.1) is 0 Å². The maximum absolute atomic E-state index is 11.7. The molecule has 0 unspecified atom stereocenters. The van der Waals surface area contributed by atoms with Gasteiger partial charge in [-0.15, -0.1) is 0 Å². The predicted octanol–water partition coefficient (Wildman–Crippen LogP) is 2.02. The van der Waals surface area contributed by atoms with Crippen LogP contribution in [0.15, 0.2) is 41.3 Å². The van der Waals surface area contributed by atoms with Crippen molar-refractivity contribution in [3.8, 4) is 11.3 Å². The summed E-state index contributed by atoms with van der Waals surface area (Å²) < 4.78 is 5.18. The number of hydrogen-bond acceptors (Lipinski definition) is 4. The van der Waals surface area contributed by atoms with Crippen LogP contribution in [0.4, 0.5) is 5.69 Å². The molecule has 1 aromatic carbocycles. The van der Waals surface area contributed by atoms with Gasteiger partial charge < -0.3 is 15.5 Å². The molecule has 0 aliphatic carbocycles. The quantitative estimate of drug-likeness (QED) is 0.866. The largest absolute Gasteiger partial charge is 0.444 e. The number of benzene rings is 1. The molecule has 2 aromatic rings. The van der Waals surface area contributed by atoms with Crippen molar-refractivity contribution >= 4 is 11.6 Å². The molecule has 1 aromatic heterocycles. The summed E-state index contributed by atoms with van der Waals surface area (Å²) in [6.07, 6.45) is 3.01. The van der Waals surface area contributed by atoms with Crippen LogP contribution in [0.3, 0.4) is 0 Å². The fraction of sp³-hybridized carbons (Fsp3) is 0.231. The number of carbonyl (C=O) groups excluding carboxylic acids is 1. The lowest BCUT2D eigenvalue weighted by molar-refractivity contribution is -0.120. The van der Waals surface area contributed by atoms with Crippen LogP contribution in [-0.2, 0) is 4.79 Å². The van der Waals surface area contributed by atoms with Gasteiger partial charge in [-0.3, -0.25) is 4.79 Å². The molecule has 94 valence electrons. The zero-order valence-electron chi connectivity index (χ0n) is 10.3. The lowest BCUT2D eigenvalue weighted by Gasteiger charge is -2.17. The minimum absolute atomic E-state index is 0.227. The highest BCUT2D eigenvalue weighted by atomic mass is 16.3. The molecule has 0 aliphatic rings. The van der Waals surface area contributed by atoms with Crippen LogP contribution in [0.1, 0.15) is 13.8 Å². The highest BCUT2D eigenvalue weighted by Crippen LogP contribution is 2.21. The monoisotopic (exact) mass is 245 g/mol. The maximum Gasteiger partial charge on any atom is 0.243 e. The van der Waals surface area contributed by atoms with E-state index in [0.29, 0.717) is 11.4 Å². The molecule has 18 heavy (non-hydrogen) atoms. The number of anilines is 1. The number of oxazole rings is 1. The molecular weight excluding hydrogens is 230 g/mol. The van der Waals surface area contributed by atoms with Crippen molar-refractivity contribution in [3.63, 3.8) is 0 Å². The molecule has 0 radical (unpaired) electrons. The normalized spacial score (nSPS) is 11.3. The molecule has 0 bridgehead atoms. The van der Waals surface area contributed by atoms with Crippen LogP contribution >= 0.6 is 0 Å². The van der Waals surface area contributed by atoms with Gasteiger partial charge >= 0.3 is 0 Å². The number of nitrogens with two attached hydrogens (primary N) is 1. The molecule has 0 saturated carbocycles. The Bertz CT molecular complexity index is 524. The summed E-state index contributed by atoms with van der Waals surface area (Å²) in [7, 11) is 0. The molecule has 2 rings (SSSR count). The van der Waals surface area contributed by atoms with Crippen LogP contribution in [0.5, 0.6) is 0 Å². The van der Waals surface area contributed by atoms with E-state index < -0.39 is 5.54 Å². The Balaban J connectivity index is 2.12. The molecule has 1 amide bonds. The lowest BCUT2D eigenvalue weighted by Crippen LogP contribution is -2.45. The third-order valence-corrected chi connectivity index (χ3v) is 2.44. The molecular formula is C13H15N3O2. The Morgan fingerprint density at radius 1 is 1.33 bits per heavy atom. The first kappa shape index (κ1) is 12.3. The number of nitrogens with one attached hydrogen (secondary N) is 1. The molecule has 5 nitrogen and oxygen atoms in total. The third-order valence-electron chi connectivity index (χ3n) is 2.44. The summed E-state index contributed by atoms with van der Waals surface area (Å²) in [5, 5.41) is 2.74. The molecule has 1 heterocycles. The van der Waals surface area contributed by atoms with E-state index in [2.05, 4.69) is 10.3 Å². The summed E-state index contributed by atoms with van der Waals surface area (Å²) in [6.45, 7) is 3.32. The lowest BCUT2D eigenvalue weighted by atomic mass is 10.1. The zero-order valence-corrected chi connectivity index (χ0v) is 10.3. The summed E-state index contributed by atoms with van der Waals surface area (Å²) in [4.78, 5) is 15.5. The second-order valence-electron chi connectivity index (χ2n) is 4.62. The van der Waals surface area contributed by atoms with E-state index in [9.17, 15) is 4.79 Å². The summed E-state index contributed by atoms with van der Waals surface area (Å²) in [6, 6.07) is 7.28. The number of rotatable bonds is 3. The SMILES string of the molecule is CC(C)(N)C(=O)Nc1ccc(-c2cnco2)cc1. The van der Waals surface area contributed by atoms with Gasteiger partial charge in [0.15, 0.2) is 12.2 Å². The topological polar surface area (TPSA) is 81.2 Å².